The Labute approximate surface area is 90.3 Å². The second-order valence-electron chi connectivity index (χ2n) is 4.72. The van der Waals surface area contributed by atoms with E-state index in [9.17, 15) is 0 Å². The van der Waals surface area contributed by atoms with Crippen LogP contribution in [-0.4, -0.2) is 19.9 Å². The van der Waals surface area contributed by atoms with Gasteiger partial charge >= 0.3 is 0 Å². The summed E-state index contributed by atoms with van der Waals surface area (Å²) >= 11 is 0. The fraction of sp³-hybridized carbons (Fsp3) is 0.818. The van der Waals surface area contributed by atoms with Gasteiger partial charge in [-0.2, -0.15) is 0 Å². The van der Waals surface area contributed by atoms with Gasteiger partial charge in [0.1, 0.15) is 12.4 Å². The summed E-state index contributed by atoms with van der Waals surface area (Å²) in [5, 5.41) is 17.4. The van der Waals surface area contributed by atoms with Crippen LogP contribution in [0, 0.1) is 5.92 Å². The number of aliphatic hydroxyl groups is 1. The number of hydrogen-bond acceptors (Lipinski definition) is 3. The molecule has 4 heteroatoms. The molecule has 1 aromatic rings. The van der Waals surface area contributed by atoms with E-state index in [1.54, 1.807) is 0 Å². The number of nitrogens with zero attached hydrogens (tertiary/aromatic N) is 3. The monoisotopic (exact) mass is 209 g/mol. The van der Waals surface area contributed by atoms with Crippen molar-refractivity contribution >= 4 is 0 Å². The van der Waals surface area contributed by atoms with Crippen LogP contribution in [0.25, 0.3) is 0 Å². The number of aryl methyl sites for hydroxylation is 1. The van der Waals surface area contributed by atoms with Crippen LogP contribution in [0.2, 0.25) is 0 Å². The third-order valence-corrected chi connectivity index (χ3v) is 2.84. The fourth-order valence-electron chi connectivity index (χ4n) is 1.81. The molecule has 1 aliphatic carbocycles. The molecule has 84 valence electrons. The molecule has 1 fully saturated rings. The Bertz CT molecular complexity index is 329. The van der Waals surface area contributed by atoms with Crippen LogP contribution in [0.15, 0.2) is 0 Å². The lowest BCUT2D eigenvalue weighted by Gasteiger charge is -2.08. The minimum Gasteiger partial charge on any atom is -0.388 e. The van der Waals surface area contributed by atoms with Crippen molar-refractivity contribution in [3.8, 4) is 0 Å². The summed E-state index contributed by atoms with van der Waals surface area (Å²) in [6, 6.07) is 0.560. The first-order chi connectivity index (χ1) is 7.22. The van der Waals surface area contributed by atoms with Crippen molar-refractivity contribution < 1.29 is 5.11 Å². The maximum Gasteiger partial charge on any atom is 0.159 e. The van der Waals surface area contributed by atoms with Gasteiger partial charge in [-0.1, -0.05) is 13.8 Å². The maximum absolute atomic E-state index is 9.16. The zero-order valence-corrected chi connectivity index (χ0v) is 9.48. The summed E-state index contributed by atoms with van der Waals surface area (Å²) in [5.74, 6) is 2.47. The Morgan fingerprint density at radius 2 is 2.00 bits per heavy atom. The molecule has 0 aliphatic heterocycles. The highest BCUT2D eigenvalue weighted by Gasteiger charge is 2.28. The van der Waals surface area contributed by atoms with Gasteiger partial charge in [-0.15, -0.1) is 10.2 Å². The summed E-state index contributed by atoms with van der Waals surface area (Å²) in [5.41, 5.74) is 0. The summed E-state index contributed by atoms with van der Waals surface area (Å²) in [7, 11) is 0. The van der Waals surface area contributed by atoms with Crippen LogP contribution in [0.4, 0.5) is 0 Å². The Morgan fingerprint density at radius 1 is 1.33 bits per heavy atom. The largest absolute Gasteiger partial charge is 0.388 e. The van der Waals surface area contributed by atoms with E-state index in [1.165, 1.54) is 12.8 Å². The van der Waals surface area contributed by atoms with Gasteiger partial charge < -0.3 is 9.67 Å². The molecule has 0 spiro atoms. The Kier molecular flexibility index (Phi) is 3.05. The maximum atomic E-state index is 9.16. The first-order valence-electron chi connectivity index (χ1n) is 5.76. The van der Waals surface area contributed by atoms with Gasteiger partial charge in [0.15, 0.2) is 5.82 Å². The van der Waals surface area contributed by atoms with Gasteiger partial charge in [-0.3, -0.25) is 0 Å². The predicted molar refractivity (Wildman–Crippen MR) is 57.4 cm³/mol. The minimum atomic E-state index is 0.00514. The summed E-state index contributed by atoms with van der Waals surface area (Å²) in [4.78, 5) is 0. The summed E-state index contributed by atoms with van der Waals surface area (Å²) < 4.78 is 2.14. The predicted octanol–water partition coefficient (Wildman–Crippen LogP) is 1.69. The molecule has 0 radical (unpaired) electrons. The minimum absolute atomic E-state index is 0.00514. The Morgan fingerprint density at radius 3 is 2.53 bits per heavy atom. The molecule has 0 unspecified atom stereocenters. The quantitative estimate of drug-likeness (QED) is 0.803. The van der Waals surface area contributed by atoms with Crippen molar-refractivity contribution in [2.75, 3.05) is 0 Å². The van der Waals surface area contributed by atoms with Gasteiger partial charge in [-0.05, 0) is 25.2 Å². The fourth-order valence-corrected chi connectivity index (χ4v) is 1.81. The average Bonchev–Trinajstić information content (AvgIpc) is 2.96. The first-order valence-corrected chi connectivity index (χ1v) is 5.76. The molecular weight excluding hydrogens is 190 g/mol. The molecular formula is C11H19N3O. The van der Waals surface area contributed by atoms with E-state index in [4.69, 9.17) is 5.11 Å². The Hall–Kier alpha value is -0.900. The van der Waals surface area contributed by atoms with Crippen molar-refractivity contribution in [3.63, 3.8) is 0 Å². The lowest BCUT2D eigenvalue weighted by atomic mass is 10.1. The first kappa shape index (κ1) is 10.6. The molecule has 1 saturated carbocycles. The average molecular weight is 209 g/mol. The third kappa shape index (κ3) is 2.37. The molecule has 2 rings (SSSR count). The van der Waals surface area contributed by atoms with Crippen LogP contribution in [0.3, 0.4) is 0 Å². The summed E-state index contributed by atoms with van der Waals surface area (Å²) in [6.45, 7) is 4.43. The molecule has 1 heterocycles. The molecule has 1 N–H and O–H groups in total. The normalized spacial score (nSPS) is 16.3. The van der Waals surface area contributed by atoms with E-state index in [-0.39, 0.29) is 6.61 Å². The second kappa shape index (κ2) is 4.31. The standard InChI is InChI=1S/C11H19N3O/c1-8(2)3-6-10-12-13-11(7-15)14(10)9-4-5-9/h8-9,15H,3-7H2,1-2H3. The van der Waals surface area contributed by atoms with Gasteiger partial charge in [0.05, 0.1) is 0 Å². The van der Waals surface area contributed by atoms with E-state index in [0.717, 1.165) is 24.5 Å². The lowest BCUT2D eigenvalue weighted by Crippen LogP contribution is -2.07. The highest BCUT2D eigenvalue weighted by atomic mass is 16.3. The third-order valence-electron chi connectivity index (χ3n) is 2.84. The van der Waals surface area contributed by atoms with Crippen molar-refractivity contribution in [3.05, 3.63) is 11.6 Å². The van der Waals surface area contributed by atoms with Gasteiger partial charge in [0.25, 0.3) is 0 Å². The van der Waals surface area contributed by atoms with Crippen LogP contribution in [0.5, 0.6) is 0 Å². The molecule has 4 nitrogen and oxygen atoms in total. The van der Waals surface area contributed by atoms with Crippen molar-refractivity contribution in [2.24, 2.45) is 5.92 Å². The van der Waals surface area contributed by atoms with Crippen molar-refractivity contribution in [1.82, 2.24) is 14.8 Å². The molecule has 15 heavy (non-hydrogen) atoms. The smallest absolute Gasteiger partial charge is 0.159 e. The van der Waals surface area contributed by atoms with Crippen molar-refractivity contribution in [1.29, 1.82) is 0 Å². The number of rotatable bonds is 5. The molecule has 0 amide bonds. The topological polar surface area (TPSA) is 50.9 Å². The van der Waals surface area contributed by atoms with E-state index >= 15 is 0 Å². The number of hydrogen-bond donors (Lipinski definition) is 1. The van der Waals surface area contributed by atoms with Crippen LogP contribution in [-0.2, 0) is 13.0 Å². The number of aliphatic hydroxyl groups excluding tert-OH is 1. The molecule has 0 atom stereocenters. The summed E-state index contributed by atoms with van der Waals surface area (Å²) in [6.07, 6.45) is 4.52. The molecule has 1 aliphatic rings. The van der Waals surface area contributed by atoms with Gasteiger partial charge in [0.2, 0.25) is 0 Å². The second-order valence-corrected chi connectivity index (χ2v) is 4.72. The highest BCUT2D eigenvalue weighted by molar-refractivity contribution is 5.02. The Balaban J connectivity index is 2.11. The van der Waals surface area contributed by atoms with E-state index in [2.05, 4.69) is 28.6 Å². The molecule has 0 aromatic carbocycles. The zero-order valence-electron chi connectivity index (χ0n) is 9.48. The van der Waals surface area contributed by atoms with Crippen molar-refractivity contribution in [2.45, 2.75) is 52.2 Å². The van der Waals surface area contributed by atoms with E-state index in [0.29, 0.717) is 12.0 Å². The SMILES string of the molecule is CC(C)CCc1nnc(CO)n1C1CC1. The molecule has 0 saturated heterocycles. The van der Waals surface area contributed by atoms with E-state index in [1.807, 2.05) is 0 Å². The number of aromatic nitrogens is 3. The molecule has 1 aromatic heterocycles. The van der Waals surface area contributed by atoms with Crippen LogP contribution < -0.4 is 0 Å². The molecule has 0 bridgehead atoms. The zero-order chi connectivity index (χ0) is 10.8. The van der Waals surface area contributed by atoms with E-state index < -0.39 is 0 Å². The van der Waals surface area contributed by atoms with Crippen LogP contribution in [0.1, 0.15) is 50.8 Å². The van der Waals surface area contributed by atoms with Crippen LogP contribution >= 0.6 is 0 Å². The highest BCUT2D eigenvalue weighted by Crippen LogP contribution is 2.36. The van der Waals surface area contributed by atoms with Gasteiger partial charge in [0, 0.05) is 12.5 Å². The lowest BCUT2D eigenvalue weighted by molar-refractivity contribution is 0.264. The van der Waals surface area contributed by atoms with Gasteiger partial charge in [-0.25, -0.2) is 0 Å².